The summed E-state index contributed by atoms with van der Waals surface area (Å²) in [6, 6.07) is 4.85. The summed E-state index contributed by atoms with van der Waals surface area (Å²) in [4.78, 5) is 7.96. The SMILES string of the molecule is FC(F)(F)c1ccc(-c2cnc(CCl)nc2)cc1. The highest BCUT2D eigenvalue weighted by Gasteiger charge is 2.29. The van der Waals surface area contributed by atoms with Crippen molar-refractivity contribution in [3.63, 3.8) is 0 Å². The molecule has 0 saturated carbocycles. The Labute approximate surface area is 106 Å². The Bertz CT molecular complexity index is 521. The van der Waals surface area contributed by atoms with Crippen LogP contribution >= 0.6 is 11.6 Å². The van der Waals surface area contributed by atoms with Gasteiger partial charge in [-0.25, -0.2) is 9.97 Å². The van der Waals surface area contributed by atoms with Crippen LogP contribution in [-0.4, -0.2) is 9.97 Å². The molecule has 0 aliphatic rings. The second kappa shape index (κ2) is 4.94. The fourth-order valence-electron chi connectivity index (χ4n) is 1.42. The van der Waals surface area contributed by atoms with E-state index in [4.69, 9.17) is 11.6 Å². The van der Waals surface area contributed by atoms with Crippen LogP contribution in [0.15, 0.2) is 36.7 Å². The van der Waals surface area contributed by atoms with Gasteiger partial charge < -0.3 is 0 Å². The molecule has 0 spiro atoms. The van der Waals surface area contributed by atoms with E-state index in [9.17, 15) is 13.2 Å². The number of benzene rings is 1. The zero-order valence-corrected chi connectivity index (χ0v) is 9.83. The van der Waals surface area contributed by atoms with Crippen LogP contribution in [0.4, 0.5) is 13.2 Å². The molecule has 0 saturated heterocycles. The van der Waals surface area contributed by atoms with Crippen molar-refractivity contribution in [1.82, 2.24) is 9.97 Å². The van der Waals surface area contributed by atoms with Gasteiger partial charge in [0.25, 0.3) is 0 Å². The molecule has 94 valence electrons. The van der Waals surface area contributed by atoms with Crippen molar-refractivity contribution in [3.05, 3.63) is 48.0 Å². The molecular formula is C12H8ClF3N2. The summed E-state index contributed by atoms with van der Waals surface area (Å²) in [6.07, 6.45) is -1.25. The molecule has 0 unspecified atom stereocenters. The Morgan fingerprint density at radius 2 is 1.50 bits per heavy atom. The molecule has 6 heteroatoms. The van der Waals surface area contributed by atoms with E-state index in [1.807, 2.05) is 0 Å². The lowest BCUT2D eigenvalue weighted by atomic mass is 10.1. The summed E-state index contributed by atoms with van der Waals surface area (Å²) in [6.45, 7) is 0. The maximum Gasteiger partial charge on any atom is 0.416 e. The zero-order valence-electron chi connectivity index (χ0n) is 9.08. The van der Waals surface area contributed by atoms with Crippen LogP contribution in [-0.2, 0) is 12.1 Å². The molecule has 1 heterocycles. The predicted octanol–water partition coefficient (Wildman–Crippen LogP) is 3.90. The molecular weight excluding hydrogens is 265 g/mol. The van der Waals surface area contributed by atoms with Crippen molar-refractivity contribution in [2.24, 2.45) is 0 Å². The van der Waals surface area contributed by atoms with E-state index in [0.29, 0.717) is 17.0 Å². The average Bonchev–Trinajstić information content (AvgIpc) is 2.38. The van der Waals surface area contributed by atoms with Crippen molar-refractivity contribution in [2.45, 2.75) is 12.1 Å². The summed E-state index contributed by atoms with van der Waals surface area (Å²) in [5, 5.41) is 0. The minimum absolute atomic E-state index is 0.202. The van der Waals surface area contributed by atoms with Crippen molar-refractivity contribution < 1.29 is 13.2 Å². The van der Waals surface area contributed by atoms with E-state index >= 15 is 0 Å². The summed E-state index contributed by atoms with van der Waals surface area (Å²) in [5.74, 6) is 0.681. The van der Waals surface area contributed by atoms with E-state index < -0.39 is 11.7 Å². The van der Waals surface area contributed by atoms with Gasteiger partial charge in [0.05, 0.1) is 11.4 Å². The highest BCUT2D eigenvalue weighted by Crippen LogP contribution is 2.30. The van der Waals surface area contributed by atoms with Gasteiger partial charge in [-0.2, -0.15) is 13.2 Å². The van der Waals surface area contributed by atoms with Gasteiger partial charge in [-0.3, -0.25) is 0 Å². The highest BCUT2D eigenvalue weighted by molar-refractivity contribution is 6.16. The molecule has 18 heavy (non-hydrogen) atoms. The van der Waals surface area contributed by atoms with Crippen molar-refractivity contribution >= 4 is 11.6 Å². The molecule has 0 amide bonds. The number of halogens is 4. The molecule has 2 nitrogen and oxygen atoms in total. The molecule has 0 radical (unpaired) electrons. The zero-order chi connectivity index (χ0) is 13.2. The minimum Gasteiger partial charge on any atom is -0.239 e. The molecule has 1 aromatic heterocycles. The van der Waals surface area contributed by atoms with E-state index in [1.54, 1.807) is 0 Å². The fraction of sp³-hybridized carbons (Fsp3) is 0.167. The molecule has 2 rings (SSSR count). The first-order valence-corrected chi connectivity index (χ1v) is 5.58. The van der Waals surface area contributed by atoms with Crippen LogP contribution in [0.5, 0.6) is 0 Å². The topological polar surface area (TPSA) is 25.8 Å². The molecule has 0 aliphatic carbocycles. The van der Waals surface area contributed by atoms with Crippen molar-refractivity contribution in [2.75, 3.05) is 0 Å². The maximum atomic E-state index is 12.4. The second-order valence-electron chi connectivity index (χ2n) is 3.60. The molecule has 0 fully saturated rings. The summed E-state index contributed by atoms with van der Waals surface area (Å²) in [7, 11) is 0. The Morgan fingerprint density at radius 3 is 1.94 bits per heavy atom. The van der Waals surface area contributed by atoms with Gasteiger partial charge in [0.15, 0.2) is 0 Å². The molecule has 0 bridgehead atoms. The lowest BCUT2D eigenvalue weighted by Crippen LogP contribution is -2.04. The summed E-state index contributed by atoms with van der Waals surface area (Å²) < 4.78 is 37.1. The minimum atomic E-state index is -4.32. The maximum absolute atomic E-state index is 12.4. The molecule has 2 aromatic rings. The average molecular weight is 273 g/mol. The van der Waals surface area contributed by atoms with Crippen LogP contribution in [0.1, 0.15) is 11.4 Å². The normalized spacial score (nSPS) is 11.6. The Hall–Kier alpha value is -1.62. The van der Waals surface area contributed by atoms with Crippen LogP contribution < -0.4 is 0 Å². The quantitative estimate of drug-likeness (QED) is 0.775. The Balaban J connectivity index is 2.28. The molecule has 1 aromatic carbocycles. The van der Waals surface area contributed by atoms with Gasteiger partial charge in [-0.1, -0.05) is 12.1 Å². The largest absolute Gasteiger partial charge is 0.416 e. The fourth-order valence-corrected chi connectivity index (χ4v) is 1.56. The van der Waals surface area contributed by atoms with Crippen LogP contribution in [0.25, 0.3) is 11.1 Å². The first kappa shape index (κ1) is 12.8. The third-order valence-corrected chi connectivity index (χ3v) is 2.61. The van der Waals surface area contributed by atoms with Gasteiger partial charge in [0.2, 0.25) is 0 Å². The van der Waals surface area contributed by atoms with Gasteiger partial charge in [-0.15, -0.1) is 11.6 Å². The Morgan fingerprint density at radius 1 is 0.944 bits per heavy atom. The smallest absolute Gasteiger partial charge is 0.239 e. The van der Waals surface area contributed by atoms with Gasteiger partial charge >= 0.3 is 6.18 Å². The van der Waals surface area contributed by atoms with E-state index in [0.717, 1.165) is 12.1 Å². The lowest BCUT2D eigenvalue weighted by molar-refractivity contribution is -0.137. The predicted molar refractivity (Wildman–Crippen MR) is 62.0 cm³/mol. The summed E-state index contributed by atoms with van der Waals surface area (Å²) >= 11 is 5.55. The van der Waals surface area contributed by atoms with Gasteiger partial charge in [0, 0.05) is 18.0 Å². The first-order chi connectivity index (χ1) is 8.50. The second-order valence-corrected chi connectivity index (χ2v) is 3.86. The number of aromatic nitrogens is 2. The third kappa shape index (κ3) is 2.79. The number of alkyl halides is 4. The van der Waals surface area contributed by atoms with Gasteiger partial charge in [-0.05, 0) is 17.7 Å². The van der Waals surface area contributed by atoms with Crippen LogP contribution in [0.3, 0.4) is 0 Å². The van der Waals surface area contributed by atoms with Crippen molar-refractivity contribution in [3.8, 4) is 11.1 Å². The molecule has 0 aliphatic heterocycles. The number of rotatable bonds is 2. The van der Waals surface area contributed by atoms with Gasteiger partial charge in [0.1, 0.15) is 5.82 Å². The standard InChI is InChI=1S/C12H8ClF3N2/c13-5-11-17-6-9(7-18-11)8-1-3-10(4-2-8)12(14,15)16/h1-4,6-7H,5H2. The first-order valence-electron chi connectivity index (χ1n) is 5.05. The van der Waals surface area contributed by atoms with Crippen LogP contribution in [0.2, 0.25) is 0 Å². The molecule has 0 N–H and O–H groups in total. The number of hydrogen-bond donors (Lipinski definition) is 0. The van der Waals surface area contributed by atoms with Crippen LogP contribution in [0, 0.1) is 0 Å². The summed E-state index contributed by atoms with van der Waals surface area (Å²) in [5.41, 5.74) is 0.603. The Kier molecular flexibility index (Phi) is 3.52. The molecule has 0 atom stereocenters. The number of nitrogens with zero attached hydrogens (tertiary/aromatic N) is 2. The lowest BCUT2D eigenvalue weighted by Gasteiger charge is -2.07. The van der Waals surface area contributed by atoms with E-state index in [2.05, 4.69) is 9.97 Å². The third-order valence-electron chi connectivity index (χ3n) is 2.37. The van der Waals surface area contributed by atoms with E-state index in [-0.39, 0.29) is 5.88 Å². The monoisotopic (exact) mass is 272 g/mol. The highest BCUT2D eigenvalue weighted by atomic mass is 35.5. The van der Waals surface area contributed by atoms with E-state index in [1.165, 1.54) is 24.5 Å². The van der Waals surface area contributed by atoms with Crippen molar-refractivity contribution in [1.29, 1.82) is 0 Å². The number of hydrogen-bond acceptors (Lipinski definition) is 2.